The number of esters is 3. The van der Waals surface area contributed by atoms with E-state index in [1.807, 2.05) is 72.9 Å². The van der Waals surface area contributed by atoms with E-state index in [4.69, 9.17) is 14.2 Å². The second kappa shape index (κ2) is 59.4. The highest BCUT2D eigenvalue weighted by Crippen LogP contribution is 2.14. The van der Waals surface area contributed by atoms with E-state index in [1.165, 1.54) is 128 Å². The summed E-state index contributed by atoms with van der Waals surface area (Å²) < 4.78 is 16.8. The molecule has 0 fully saturated rings. The maximum atomic E-state index is 12.9. The van der Waals surface area contributed by atoms with Crippen molar-refractivity contribution in [2.24, 2.45) is 0 Å². The van der Waals surface area contributed by atoms with E-state index in [1.54, 1.807) is 0 Å². The SMILES string of the molecule is CC\C=C/C=C\C=C/C=C\C=C\C=C/C=C\CCCCCC(=O)OCC(COC(=O)CCCCCCCCC/C=C\CCCCCCCC)OC(=O)CCCCCCC/C=C\C=C/CCCCCCCCC. The highest BCUT2D eigenvalue weighted by atomic mass is 16.6. The highest BCUT2D eigenvalue weighted by Gasteiger charge is 2.19. The molecule has 0 spiro atoms. The van der Waals surface area contributed by atoms with Gasteiger partial charge in [0.05, 0.1) is 0 Å². The molecular formula is C66H108O6. The van der Waals surface area contributed by atoms with E-state index in [2.05, 4.69) is 69.4 Å². The molecule has 0 amide bonds. The fourth-order valence-electron chi connectivity index (χ4n) is 7.94. The lowest BCUT2D eigenvalue weighted by Crippen LogP contribution is -2.30. The number of unbranched alkanes of at least 4 members (excludes halogenated alkanes) is 28. The maximum absolute atomic E-state index is 12.9. The van der Waals surface area contributed by atoms with Crippen molar-refractivity contribution in [3.8, 4) is 0 Å². The van der Waals surface area contributed by atoms with Gasteiger partial charge in [-0.1, -0.05) is 271 Å². The van der Waals surface area contributed by atoms with E-state index >= 15 is 0 Å². The molecule has 408 valence electrons. The molecule has 0 saturated heterocycles. The Bertz CT molecular complexity index is 1520. The largest absolute Gasteiger partial charge is 0.462 e. The van der Waals surface area contributed by atoms with Crippen LogP contribution in [0.5, 0.6) is 0 Å². The summed E-state index contributed by atoms with van der Waals surface area (Å²) in [5.41, 5.74) is 0. The van der Waals surface area contributed by atoms with Crippen molar-refractivity contribution >= 4 is 17.9 Å². The van der Waals surface area contributed by atoms with Gasteiger partial charge in [-0.2, -0.15) is 0 Å². The van der Waals surface area contributed by atoms with E-state index in [9.17, 15) is 14.4 Å². The summed E-state index contributed by atoms with van der Waals surface area (Å²) in [4.78, 5) is 38.2. The summed E-state index contributed by atoms with van der Waals surface area (Å²) in [6.45, 7) is 6.44. The quantitative estimate of drug-likeness (QED) is 0.0199. The molecule has 0 saturated carbocycles. The van der Waals surface area contributed by atoms with Gasteiger partial charge in [0, 0.05) is 19.3 Å². The van der Waals surface area contributed by atoms with E-state index < -0.39 is 6.10 Å². The highest BCUT2D eigenvalue weighted by molar-refractivity contribution is 5.71. The number of carbonyl (C=O) groups is 3. The number of hydrogen-bond acceptors (Lipinski definition) is 6. The normalized spacial score (nSPS) is 13.0. The molecule has 72 heavy (non-hydrogen) atoms. The molecule has 0 aromatic rings. The van der Waals surface area contributed by atoms with Crippen LogP contribution in [0.15, 0.2) is 122 Å². The van der Waals surface area contributed by atoms with Crippen LogP contribution in [-0.4, -0.2) is 37.2 Å². The van der Waals surface area contributed by atoms with Gasteiger partial charge in [-0.05, 0) is 89.9 Å². The third-order valence-corrected chi connectivity index (χ3v) is 12.4. The average molecular weight is 998 g/mol. The van der Waals surface area contributed by atoms with Crippen LogP contribution in [0.3, 0.4) is 0 Å². The first-order valence-electron chi connectivity index (χ1n) is 29.7. The van der Waals surface area contributed by atoms with E-state index in [0.717, 1.165) is 89.9 Å². The predicted octanol–water partition coefficient (Wildman–Crippen LogP) is 20.0. The van der Waals surface area contributed by atoms with Gasteiger partial charge in [-0.15, -0.1) is 0 Å². The fourth-order valence-corrected chi connectivity index (χ4v) is 7.94. The Hall–Kier alpha value is -4.19. The number of allylic oxidation sites excluding steroid dienone is 20. The van der Waals surface area contributed by atoms with Crippen LogP contribution < -0.4 is 0 Å². The summed E-state index contributed by atoms with van der Waals surface area (Å²) in [7, 11) is 0. The molecule has 0 aromatic carbocycles. The first-order valence-corrected chi connectivity index (χ1v) is 29.7. The van der Waals surface area contributed by atoms with Crippen molar-refractivity contribution in [1.82, 2.24) is 0 Å². The van der Waals surface area contributed by atoms with Gasteiger partial charge >= 0.3 is 17.9 Å². The lowest BCUT2D eigenvalue weighted by molar-refractivity contribution is -0.167. The first-order chi connectivity index (χ1) is 35.5. The topological polar surface area (TPSA) is 78.9 Å². The number of carbonyl (C=O) groups excluding carboxylic acids is 3. The Balaban J connectivity index is 4.54. The lowest BCUT2D eigenvalue weighted by Gasteiger charge is -2.18. The minimum absolute atomic E-state index is 0.104. The van der Waals surface area contributed by atoms with Gasteiger partial charge < -0.3 is 14.2 Å². The molecule has 6 heteroatoms. The Labute approximate surface area is 443 Å². The Morgan fingerprint density at radius 1 is 0.292 bits per heavy atom. The number of ether oxygens (including phenoxy) is 3. The van der Waals surface area contributed by atoms with E-state index in [-0.39, 0.29) is 31.1 Å². The average Bonchev–Trinajstić information content (AvgIpc) is 3.38. The fraction of sp³-hybridized carbons (Fsp3) is 0.652. The summed E-state index contributed by atoms with van der Waals surface area (Å²) in [5, 5.41) is 0. The van der Waals surface area contributed by atoms with Crippen molar-refractivity contribution in [1.29, 1.82) is 0 Å². The van der Waals surface area contributed by atoms with Crippen LogP contribution in [0.4, 0.5) is 0 Å². The second-order valence-electron chi connectivity index (χ2n) is 19.4. The smallest absolute Gasteiger partial charge is 0.306 e. The van der Waals surface area contributed by atoms with Gasteiger partial charge in [0.1, 0.15) is 13.2 Å². The number of hydrogen-bond donors (Lipinski definition) is 0. The van der Waals surface area contributed by atoms with Gasteiger partial charge in [-0.3, -0.25) is 14.4 Å². The molecule has 0 radical (unpaired) electrons. The van der Waals surface area contributed by atoms with Gasteiger partial charge in [0.15, 0.2) is 6.10 Å². The van der Waals surface area contributed by atoms with Crippen molar-refractivity contribution < 1.29 is 28.6 Å². The minimum atomic E-state index is -0.812. The first kappa shape index (κ1) is 67.8. The van der Waals surface area contributed by atoms with Crippen LogP contribution in [0.1, 0.15) is 258 Å². The lowest BCUT2D eigenvalue weighted by atomic mass is 10.1. The molecule has 0 N–H and O–H groups in total. The Morgan fingerprint density at radius 3 is 0.917 bits per heavy atom. The van der Waals surface area contributed by atoms with Gasteiger partial charge in [-0.25, -0.2) is 0 Å². The van der Waals surface area contributed by atoms with Gasteiger partial charge in [0.25, 0.3) is 0 Å². The van der Waals surface area contributed by atoms with Crippen LogP contribution in [0.25, 0.3) is 0 Å². The standard InChI is InChI=1S/C66H108O6/c1-4-7-10-13-16-19-22-25-28-31-33-36-38-41-44-47-50-53-56-59-65(68)71-62-63(61-70-64(67)58-55-52-49-46-43-40-37-34-30-27-24-21-18-15-12-9-6-3)72-66(69)60-57-54-51-48-45-42-39-35-32-29-26-23-20-17-14-11-8-5-2/h7,10,13,16,19,22,25,27-33,35-36,38-39,41,44,63H,4-6,8-9,11-12,14-15,17-18,20-21,23-24,26,34,37,40,42-43,45-62H2,1-3H3/b10-7-,16-13-,22-19-,28-25-,30-27-,32-29-,33-31+,38-36-,39-35-,44-41-. The molecule has 1 unspecified atom stereocenters. The number of rotatable bonds is 52. The van der Waals surface area contributed by atoms with Crippen LogP contribution in [0, 0.1) is 0 Å². The zero-order chi connectivity index (χ0) is 52.2. The molecule has 0 bridgehead atoms. The predicted molar refractivity (Wildman–Crippen MR) is 311 cm³/mol. The van der Waals surface area contributed by atoms with E-state index in [0.29, 0.717) is 19.3 Å². The van der Waals surface area contributed by atoms with Crippen LogP contribution >= 0.6 is 0 Å². The zero-order valence-electron chi connectivity index (χ0n) is 46.7. The van der Waals surface area contributed by atoms with Crippen LogP contribution in [0.2, 0.25) is 0 Å². The van der Waals surface area contributed by atoms with Crippen molar-refractivity contribution in [3.63, 3.8) is 0 Å². The second-order valence-corrected chi connectivity index (χ2v) is 19.4. The van der Waals surface area contributed by atoms with Crippen molar-refractivity contribution in [3.05, 3.63) is 122 Å². The maximum Gasteiger partial charge on any atom is 0.306 e. The molecule has 0 aromatic heterocycles. The molecule has 0 aliphatic rings. The summed E-state index contributed by atoms with van der Waals surface area (Å²) >= 11 is 0. The summed E-state index contributed by atoms with van der Waals surface area (Å²) in [6, 6.07) is 0. The summed E-state index contributed by atoms with van der Waals surface area (Å²) in [6.07, 6.45) is 81.8. The zero-order valence-corrected chi connectivity index (χ0v) is 46.7. The third kappa shape index (κ3) is 56.7. The Morgan fingerprint density at radius 2 is 0.556 bits per heavy atom. The van der Waals surface area contributed by atoms with Crippen LogP contribution in [-0.2, 0) is 28.6 Å². The van der Waals surface area contributed by atoms with Crippen molar-refractivity contribution in [2.75, 3.05) is 13.2 Å². The molecule has 0 aliphatic heterocycles. The molecule has 1 atom stereocenters. The molecule has 0 rings (SSSR count). The Kier molecular flexibility index (Phi) is 55.9. The monoisotopic (exact) mass is 997 g/mol. The molecule has 0 aliphatic carbocycles. The molecule has 6 nitrogen and oxygen atoms in total. The minimum Gasteiger partial charge on any atom is -0.462 e. The third-order valence-electron chi connectivity index (χ3n) is 12.4. The van der Waals surface area contributed by atoms with Crippen molar-refractivity contribution in [2.45, 2.75) is 264 Å². The molecular weight excluding hydrogens is 889 g/mol. The van der Waals surface area contributed by atoms with Gasteiger partial charge in [0.2, 0.25) is 0 Å². The molecule has 0 heterocycles. The summed E-state index contributed by atoms with van der Waals surface area (Å²) in [5.74, 6) is -0.969.